The molecule has 0 bridgehead atoms. The molecule has 0 unspecified atom stereocenters. The second-order valence-electron chi connectivity index (χ2n) is 5.89. The van der Waals surface area contributed by atoms with Crippen LogP contribution in [0.25, 0.3) is 0 Å². The fraction of sp³-hybridized carbons (Fsp3) is 0.263. The van der Waals surface area contributed by atoms with E-state index in [2.05, 4.69) is 5.32 Å². The fourth-order valence-electron chi connectivity index (χ4n) is 2.92. The van der Waals surface area contributed by atoms with Crippen molar-refractivity contribution in [2.45, 2.75) is 19.8 Å². The molecule has 2 aromatic rings. The predicted octanol–water partition coefficient (Wildman–Crippen LogP) is 4.31. The van der Waals surface area contributed by atoms with E-state index in [1.165, 1.54) is 0 Å². The van der Waals surface area contributed by atoms with E-state index in [0.717, 1.165) is 11.3 Å². The first-order valence-corrected chi connectivity index (χ1v) is 9.04. The van der Waals surface area contributed by atoms with Crippen LogP contribution < -0.4 is 15.0 Å². The van der Waals surface area contributed by atoms with Crippen molar-refractivity contribution in [3.8, 4) is 5.75 Å². The molecular weight excluding hydrogens is 375 g/mol. The molecule has 1 N–H and O–H groups in total. The zero-order valence-electron chi connectivity index (χ0n) is 14.2. The number of amides is 2. The Kier molecular flexibility index (Phi) is 5.69. The highest BCUT2D eigenvalue weighted by molar-refractivity contribution is 6.35. The number of nitrogens with zero attached hydrogens (tertiary/aromatic N) is 1. The number of rotatable bonds is 5. The van der Waals surface area contributed by atoms with Crippen LogP contribution in [-0.4, -0.2) is 25.0 Å². The van der Waals surface area contributed by atoms with Crippen molar-refractivity contribution in [2.75, 3.05) is 23.4 Å². The molecule has 1 aliphatic rings. The van der Waals surface area contributed by atoms with Crippen molar-refractivity contribution >= 4 is 46.4 Å². The second kappa shape index (κ2) is 7.98. The summed E-state index contributed by atoms with van der Waals surface area (Å²) < 4.78 is 5.43. The number of carbonyl (C=O) groups is 2. The van der Waals surface area contributed by atoms with Gasteiger partial charge in [0.25, 0.3) is 5.91 Å². The van der Waals surface area contributed by atoms with Crippen LogP contribution in [0, 0.1) is 0 Å². The summed E-state index contributed by atoms with van der Waals surface area (Å²) in [7, 11) is 0. The molecule has 2 amide bonds. The van der Waals surface area contributed by atoms with Gasteiger partial charge in [0.05, 0.1) is 5.02 Å². The van der Waals surface area contributed by atoms with Gasteiger partial charge in [-0.05, 0) is 55.3 Å². The lowest BCUT2D eigenvalue weighted by Crippen LogP contribution is -2.34. The number of anilines is 2. The van der Waals surface area contributed by atoms with Gasteiger partial charge in [0, 0.05) is 29.4 Å². The first-order chi connectivity index (χ1) is 12.5. The topological polar surface area (TPSA) is 58.6 Å². The summed E-state index contributed by atoms with van der Waals surface area (Å²) in [6.07, 6.45) is 1.15. The third-order valence-corrected chi connectivity index (χ3v) is 4.66. The molecule has 0 saturated carbocycles. The van der Waals surface area contributed by atoms with Gasteiger partial charge in [0.2, 0.25) is 5.91 Å². The SMILES string of the molecule is CCN1C(=O)CCc2cc(NC(=O)COc3ccc(Cl)cc3Cl)ccc21. The summed E-state index contributed by atoms with van der Waals surface area (Å²) in [6.45, 7) is 2.41. The number of aryl methyl sites for hydroxylation is 1. The van der Waals surface area contributed by atoms with Gasteiger partial charge in [-0.3, -0.25) is 9.59 Å². The molecule has 26 heavy (non-hydrogen) atoms. The average molecular weight is 393 g/mol. The summed E-state index contributed by atoms with van der Waals surface area (Å²) >= 11 is 11.8. The highest BCUT2D eigenvalue weighted by Gasteiger charge is 2.23. The van der Waals surface area contributed by atoms with Gasteiger partial charge in [0.1, 0.15) is 5.75 Å². The Morgan fingerprint density at radius 1 is 1.19 bits per heavy atom. The molecule has 1 aliphatic heterocycles. The highest BCUT2D eigenvalue weighted by Crippen LogP contribution is 2.30. The van der Waals surface area contributed by atoms with Gasteiger partial charge in [-0.2, -0.15) is 0 Å². The number of ether oxygens (including phenoxy) is 1. The molecule has 0 saturated heterocycles. The van der Waals surface area contributed by atoms with Gasteiger partial charge in [-0.25, -0.2) is 0 Å². The van der Waals surface area contributed by atoms with Gasteiger partial charge >= 0.3 is 0 Å². The third-order valence-electron chi connectivity index (χ3n) is 4.13. The van der Waals surface area contributed by atoms with E-state index in [1.807, 2.05) is 19.1 Å². The predicted molar refractivity (Wildman–Crippen MR) is 103 cm³/mol. The van der Waals surface area contributed by atoms with Crippen LogP contribution in [0.1, 0.15) is 18.9 Å². The maximum Gasteiger partial charge on any atom is 0.262 e. The van der Waals surface area contributed by atoms with Crippen LogP contribution in [0.2, 0.25) is 10.0 Å². The molecule has 0 atom stereocenters. The van der Waals surface area contributed by atoms with E-state index >= 15 is 0 Å². The minimum Gasteiger partial charge on any atom is -0.482 e. The van der Waals surface area contributed by atoms with E-state index in [9.17, 15) is 9.59 Å². The quantitative estimate of drug-likeness (QED) is 0.824. The van der Waals surface area contributed by atoms with Gasteiger partial charge in [0.15, 0.2) is 6.61 Å². The Hall–Kier alpha value is -2.24. The number of hydrogen-bond donors (Lipinski definition) is 1. The minimum absolute atomic E-state index is 0.130. The van der Waals surface area contributed by atoms with Crippen LogP contribution in [0.15, 0.2) is 36.4 Å². The number of carbonyl (C=O) groups excluding carboxylic acids is 2. The Balaban J connectivity index is 1.64. The molecule has 1 heterocycles. The summed E-state index contributed by atoms with van der Waals surface area (Å²) in [6, 6.07) is 10.4. The van der Waals surface area contributed by atoms with Crippen molar-refractivity contribution in [1.82, 2.24) is 0 Å². The van der Waals surface area contributed by atoms with Crippen molar-refractivity contribution < 1.29 is 14.3 Å². The molecule has 3 rings (SSSR count). The van der Waals surface area contributed by atoms with Crippen molar-refractivity contribution in [2.24, 2.45) is 0 Å². The van der Waals surface area contributed by atoms with Crippen LogP contribution >= 0.6 is 23.2 Å². The summed E-state index contributed by atoms with van der Waals surface area (Å²) in [4.78, 5) is 25.8. The Bertz CT molecular complexity index is 855. The number of hydrogen-bond acceptors (Lipinski definition) is 3. The number of halogens is 2. The second-order valence-corrected chi connectivity index (χ2v) is 6.74. The molecular formula is C19H18Cl2N2O3. The smallest absolute Gasteiger partial charge is 0.262 e. The molecule has 7 heteroatoms. The Morgan fingerprint density at radius 3 is 2.73 bits per heavy atom. The lowest BCUT2D eigenvalue weighted by Gasteiger charge is -2.28. The monoisotopic (exact) mass is 392 g/mol. The van der Waals surface area contributed by atoms with E-state index in [0.29, 0.717) is 40.9 Å². The molecule has 5 nitrogen and oxygen atoms in total. The summed E-state index contributed by atoms with van der Waals surface area (Å²) in [5.41, 5.74) is 2.63. The first-order valence-electron chi connectivity index (χ1n) is 8.29. The van der Waals surface area contributed by atoms with Crippen LogP contribution in [0.3, 0.4) is 0 Å². The molecule has 2 aromatic carbocycles. The van der Waals surface area contributed by atoms with Crippen LogP contribution in [0.4, 0.5) is 11.4 Å². The largest absolute Gasteiger partial charge is 0.482 e. The first kappa shape index (κ1) is 18.5. The van der Waals surface area contributed by atoms with E-state index in [1.54, 1.807) is 29.2 Å². The zero-order valence-corrected chi connectivity index (χ0v) is 15.7. The maximum absolute atomic E-state index is 12.1. The highest BCUT2D eigenvalue weighted by atomic mass is 35.5. The normalized spacial score (nSPS) is 13.3. The molecule has 0 aliphatic carbocycles. The van der Waals surface area contributed by atoms with E-state index < -0.39 is 0 Å². The fourth-order valence-corrected chi connectivity index (χ4v) is 3.38. The van der Waals surface area contributed by atoms with E-state index in [4.69, 9.17) is 27.9 Å². The van der Waals surface area contributed by atoms with Crippen molar-refractivity contribution in [3.63, 3.8) is 0 Å². The number of benzene rings is 2. The molecule has 0 spiro atoms. The van der Waals surface area contributed by atoms with Gasteiger partial charge in [-0.1, -0.05) is 23.2 Å². The summed E-state index contributed by atoms with van der Waals surface area (Å²) in [5.74, 6) is 0.231. The Morgan fingerprint density at radius 2 is 2.00 bits per heavy atom. The standard InChI is InChI=1S/C19H18Cl2N2O3/c1-2-23-16-6-5-14(9-12(16)3-8-19(23)25)22-18(24)11-26-17-7-4-13(20)10-15(17)21/h4-7,9-10H,2-3,8,11H2,1H3,(H,22,24). The van der Waals surface area contributed by atoms with E-state index in [-0.39, 0.29) is 18.4 Å². The maximum atomic E-state index is 12.1. The van der Waals surface area contributed by atoms with Gasteiger partial charge < -0.3 is 15.0 Å². The molecule has 0 radical (unpaired) electrons. The van der Waals surface area contributed by atoms with Crippen LogP contribution in [-0.2, 0) is 16.0 Å². The molecule has 0 aromatic heterocycles. The van der Waals surface area contributed by atoms with Crippen molar-refractivity contribution in [1.29, 1.82) is 0 Å². The molecule has 136 valence electrons. The summed E-state index contributed by atoms with van der Waals surface area (Å²) in [5, 5.41) is 3.65. The van der Waals surface area contributed by atoms with Crippen molar-refractivity contribution in [3.05, 3.63) is 52.0 Å². The lowest BCUT2D eigenvalue weighted by atomic mass is 10.0. The average Bonchev–Trinajstić information content (AvgIpc) is 2.61. The minimum atomic E-state index is -0.296. The molecule has 0 fully saturated rings. The lowest BCUT2D eigenvalue weighted by molar-refractivity contribution is -0.119. The van der Waals surface area contributed by atoms with Crippen LogP contribution in [0.5, 0.6) is 5.75 Å². The van der Waals surface area contributed by atoms with Gasteiger partial charge in [-0.15, -0.1) is 0 Å². The Labute approximate surface area is 161 Å². The zero-order chi connectivity index (χ0) is 18.7. The number of fused-ring (bicyclic) bond motifs is 1. The number of nitrogens with one attached hydrogen (secondary N) is 1. The third kappa shape index (κ3) is 4.11.